The summed E-state index contributed by atoms with van der Waals surface area (Å²) in [6.45, 7) is 0. The van der Waals surface area contributed by atoms with E-state index in [0.29, 0.717) is 6.07 Å². The number of thioether (sulfide) groups is 1. The Morgan fingerprint density at radius 3 is 2.60 bits per heavy atom. The molecule has 1 N–H and O–H groups in total. The third kappa shape index (κ3) is 3.77. The first-order chi connectivity index (χ1) is 9.56. The van der Waals surface area contributed by atoms with Gasteiger partial charge in [-0.05, 0) is 12.0 Å². The van der Waals surface area contributed by atoms with Crippen molar-refractivity contribution in [3.63, 3.8) is 0 Å². The summed E-state index contributed by atoms with van der Waals surface area (Å²) in [6, 6.07) is 9.71. The predicted molar refractivity (Wildman–Crippen MR) is 71.6 cm³/mol. The monoisotopic (exact) mass is 295 g/mol. The van der Waals surface area contributed by atoms with E-state index in [1.54, 1.807) is 24.3 Å². The fourth-order valence-corrected chi connectivity index (χ4v) is 2.56. The molecule has 0 spiro atoms. The van der Waals surface area contributed by atoms with Crippen molar-refractivity contribution in [3.8, 4) is 0 Å². The van der Waals surface area contributed by atoms with Gasteiger partial charge in [-0.1, -0.05) is 42.1 Å². The van der Waals surface area contributed by atoms with Crippen molar-refractivity contribution in [2.75, 3.05) is 0 Å². The lowest BCUT2D eigenvalue weighted by molar-refractivity contribution is -0.136. The van der Waals surface area contributed by atoms with E-state index in [0.717, 1.165) is 23.5 Å². The van der Waals surface area contributed by atoms with Gasteiger partial charge in [-0.25, -0.2) is 13.8 Å². The summed E-state index contributed by atoms with van der Waals surface area (Å²) >= 11 is 0.775. The first kappa shape index (κ1) is 14.5. The number of halogens is 2. The molecule has 20 heavy (non-hydrogen) atoms. The highest BCUT2D eigenvalue weighted by molar-refractivity contribution is 8.00. The highest BCUT2D eigenvalue weighted by Gasteiger charge is 2.22. The summed E-state index contributed by atoms with van der Waals surface area (Å²) < 4.78 is 26.3. The zero-order chi connectivity index (χ0) is 14.5. The number of carboxylic acid groups (broad SMARTS) is 1. The number of rotatable bonds is 5. The van der Waals surface area contributed by atoms with E-state index >= 15 is 0 Å². The van der Waals surface area contributed by atoms with E-state index in [2.05, 4.69) is 4.98 Å². The van der Waals surface area contributed by atoms with E-state index in [-0.39, 0.29) is 11.4 Å². The number of aromatic nitrogens is 1. The van der Waals surface area contributed by atoms with Gasteiger partial charge in [0, 0.05) is 6.07 Å². The Labute approximate surface area is 118 Å². The highest BCUT2D eigenvalue weighted by Crippen LogP contribution is 2.27. The molecule has 0 aliphatic rings. The predicted octanol–water partition coefficient (Wildman–Crippen LogP) is 3.15. The Kier molecular flexibility index (Phi) is 4.68. The molecular formula is C14H11F2NO2S. The van der Waals surface area contributed by atoms with Crippen LogP contribution in [0.3, 0.4) is 0 Å². The van der Waals surface area contributed by atoms with Crippen molar-refractivity contribution in [1.29, 1.82) is 0 Å². The minimum absolute atomic E-state index is 0.116. The van der Waals surface area contributed by atoms with Crippen LogP contribution in [0.5, 0.6) is 0 Å². The van der Waals surface area contributed by atoms with Gasteiger partial charge in [-0.3, -0.25) is 4.79 Å². The molecule has 0 fully saturated rings. The van der Waals surface area contributed by atoms with Crippen LogP contribution in [0.25, 0.3) is 0 Å². The number of hydrogen-bond donors (Lipinski definition) is 1. The van der Waals surface area contributed by atoms with E-state index in [1.165, 1.54) is 0 Å². The minimum Gasteiger partial charge on any atom is -0.480 e. The van der Waals surface area contributed by atoms with Crippen LogP contribution in [-0.4, -0.2) is 21.3 Å². The molecule has 6 heteroatoms. The topological polar surface area (TPSA) is 50.2 Å². The zero-order valence-corrected chi connectivity index (χ0v) is 11.1. The molecule has 1 atom stereocenters. The molecule has 2 aromatic rings. The lowest BCUT2D eigenvalue weighted by Crippen LogP contribution is -2.19. The molecule has 0 aliphatic heterocycles. The number of benzene rings is 1. The van der Waals surface area contributed by atoms with Crippen LogP contribution in [-0.2, 0) is 11.2 Å². The van der Waals surface area contributed by atoms with E-state index in [9.17, 15) is 18.7 Å². The molecule has 0 aliphatic carbocycles. The molecule has 1 heterocycles. The van der Waals surface area contributed by atoms with Crippen molar-refractivity contribution in [2.24, 2.45) is 0 Å². The summed E-state index contributed by atoms with van der Waals surface area (Å²) in [4.78, 5) is 14.8. The lowest BCUT2D eigenvalue weighted by atomic mass is 10.1. The standard InChI is InChI=1S/C14H11F2NO2S/c15-10-7-11(16)13(17-8-10)20-12(14(18)19)6-9-4-2-1-3-5-9/h1-5,7-8,12H,6H2,(H,18,19). The van der Waals surface area contributed by atoms with Gasteiger partial charge < -0.3 is 5.11 Å². The fraction of sp³-hybridized carbons (Fsp3) is 0.143. The number of aliphatic carboxylic acids is 1. The quantitative estimate of drug-likeness (QED) is 0.861. The van der Waals surface area contributed by atoms with Gasteiger partial charge >= 0.3 is 5.97 Å². The van der Waals surface area contributed by atoms with Gasteiger partial charge in [-0.2, -0.15) is 0 Å². The average Bonchev–Trinajstić information content (AvgIpc) is 2.42. The summed E-state index contributed by atoms with van der Waals surface area (Å²) in [6.07, 6.45) is 1.10. The van der Waals surface area contributed by atoms with Crippen LogP contribution in [0.2, 0.25) is 0 Å². The van der Waals surface area contributed by atoms with E-state index in [1.807, 2.05) is 6.07 Å². The molecule has 0 radical (unpaired) electrons. The highest BCUT2D eigenvalue weighted by atomic mass is 32.2. The van der Waals surface area contributed by atoms with Crippen LogP contribution in [0.1, 0.15) is 5.56 Å². The van der Waals surface area contributed by atoms with Crippen molar-refractivity contribution in [2.45, 2.75) is 16.7 Å². The van der Waals surface area contributed by atoms with Gasteiger partial charge in [-0.15, -0.1) is 0 Å². The molecule has 1 unspecified atom stereocenters. The molecule has 0 amide bonds. The average molecular weight is 295 g/mol. The fourth-order valence-electron chi connectivity index (χ4n) is 1.63. The Morgan fingerprint density at radius 1 is 1.30 bits per heavy atom. The largest absolute Gasteiger partial charge is 0.480 e. The van der Waals surface area contributed by atoms with Crippen LogP contribution in [0.4, 0.5) is 8.78 Å². The van der Waals surface area contributed by atoms with Gasteiger partial charge in [0.2, 0.25) is 0 Å². The van der Waals surface area contributed by atoms with Crippen molar-refractivity contribution in [3.05, 3.63) is 59.8 Å². The maximum atomic E-state index is 13.5. The molecular weight excluding hydrogens is 284 g/mol. The third-order valence-corrected chi connectivity index (χ3v) is 3.74. The van der Waals surface area contributed by atoms with Crippen LogP contribution in [0.15, 0.2) is 47.6 Å². The molecule has 0 saturated heterocycles. The third-order valence-electron chi connectivity index (χ3n) is 2.57. The normalized spacial score (nSPS) is 12.1. The SMILES string of the molecule is O=C(O)C(Cc1ccccc1)Sc1ncc(F)cc1F. The van der Waals surface area contributed by atoms with E-state index < -0.39 is 22.9 Å². The summed E-state index contributed by atoms with van der Waals surface area (Å²) in [5, 5.41) is 8.20. The van der Waals surface area contributed by atoms with Crippen LogP contribution in [0, 0.1) is 11.6 Å². The van der Waals surface area contributed by atoms with Crippen LogP contribution >= 0.6 is 11.8 Å². The van der Waals surface area contributed by atoms with Gasteiger partial charge in [0.15, 0.2) is 5.82 Å². The first-order valence-corrected chi connectivity index (χ1v) is 6.68. The summed E-state index contributed by atoms with van der Waals surface area (Å²) in [5.74, 6) is -2.71. The summed E-state index contributed by atoms with van der Waals surface area (Å²) in [5.41, 5.74) is 0.829. The molecule has 0 bridgehead atoms. The molecule has 104 valence electrons. The van der Waals surface area contributed by atoms with Crippen molar-refractivity contribution >= 4 is 17.7 Å². The number of hydrogen-bond acceptors (Lipinski definition) is 3. The Morgan fingerprint density at radius 2 is 2.00 bits per heavy atom. The van der Waals surface area contributed by atoms with Gasteiger partial charge in [0.05, 0.1) is 6.20 Å². The minimum atomic E-state index is -1.07. The lowest BCUT2D eigenvalue weighted by Gasteiger charge is -2.12. The first-order valence-electron chi connectivity index (χ1n) is 5.80. The second-order valence-corrected chi connectivity index (χ2v) is 5.27. The van der Waals surface area contributed by atoms with E-state index in [4.69, 9.17) is 0 Å². The zero-order valence-electron chi connectivity index (χ0n) is 10.3. The molecule has 1 aromatic heterocycles. The Bertz CT molecular complexity index is 607. The Hall–Kier alpha value is -1.95. The molecule has 2 rings (SSSR count). The van der Waals surface area contributed by atoms with Crippen LogP contribution < -0.4 is 0 Å². The Balaban J connectivity index is 2.15. The number of carboxylic acids is 1. The maximum absolute atomic E-state index is 13.5. The van der Waals surface area contributed by atoms with Gasteiger partial charge in [0.1, 0.15) is 16.1 Å². The maximum Gasteiger partial charge on any atom is 0.317 e. The molecule has 1 aromatic carbocycles. The molecule has 3 nitrogen and oxygen atoms in total. The van der Waals surface area contributed by atoms with Crippen molar-refractivity contribution in [1.82, 2.24) is 4.98 Å². The number of nitrogens with zero attached hydrogens (tertiary/aromatic N) is 1. The number of pyridine rings is 1. The number of carbonyl (C=O) groups is 1. The second-order valence-electron chi connectivity index (χ2n) is 4.07. The molecule has 0 saturated carbocycles. The smallest absolute Gasteiger partial charge is 0.317 e. The summed E-state index contributed by atoms with van der Waals surface area (Å²) in [7, 11) is 0. The second kappa shape index (κ2) is 6.47. The van der Waals surface area contributed by atoms with Gasteiger partial charge in [0.25, 0.3) is 0 Å². The van der Waals surface area contributed by atoms with Crippen molar-refractivity contribution < 1.29 is 18.7 Å².